The summed E-state index contributed by atoms with van der Waals surface area (Å²) >= 11 is 1.59. The average molecular weight is 342 g/mol. The second-order valence-corrected chi connectivity index (χ2v) is 7.86. The van der Waals surface area contributed by atoms with Gasteiger partial charge in [0.1, 0.15) is 0 Å². The van der Waals surface area contributed by atoms with Crippen molar-refractivity contribution < 1.29 is 4.74 Å². The van der Waals surface area contributed by atoms with Crippen LogP contribution in [0.1, 0.15) is 39.5 Å². The van der Waals surface area contributed by atoms with Crippen molar-refractivity contribution in [1.82, 2.24) is 15.2 Å². The summed E-state index contributed by atoms with van der Waals surface area (Å²) in [6.07, 6.45) is 4.25. The molecule has 1 aliphatic heterocycles. The summed E-state index contributed by atoms with van der Waals surface area (Å²) in [5.41, 5.74) is 2.40. The molecule has 1 saturated carbocycles. The number of rotatable bonds is 2. The van der Waals surface area contributed by atoms with Crippen LogP contribution in [0.5, 0.6) is 5.88 Å². The Morgan fingerprint density at radius 3 is 2.83 bits per heavy atom. The van der Waals surface area contributed by atoms with Gasteiger partial charge in [-0.1, -0.05) is 43.8 Å². The molecule has 4 rings (SSSR count). The summed E-state index contributed by atoms with van der Waals surface area (Å²) < 4.78 is 6.47. The lowest BCUT2D eigenvalue weighted by Gasteiger charge is -2.39. The third kappa shape index (κ3) is 2.83. The van der Waals surface area contributed by atoms with Gasteiger partial charge in [0.05, 0.1) is 0 Å². The van der Waals surface area contributed by atoms with Crippen LogP contribution < -0.4 is 10.1 Å². The van der Waals surface area contributed by atoms with E-state index in [-0.39, 0.29) is 0 Å². The molecule has 1 fully saturated rings. The predicted molar refractivity (Wildman–Crippen MR) is 96.3 cm³/mol. The van der Waals surface area contributed by atoms with Gasteiger partial charge in [-0.25, -0.2) is 0 Å². The van der Waals surface area contributed by atoms with Gasteiger partial charge in [-0.2, -0.15) is 4.98 Å². The molecule has 126 valence electrons. The zero-order valence-corrected chi connectivity index (χ0v) is 14.9. The second-order valence-electron chi connectivity index (χ2n) is 6.63. The van der Waals surface area contributed by atoms with E-state index >= 15 is 0 Å². The van der Waals surface area contributed by atoms with Crippen molar-refractivity contribution in [2.75, 3.05) is 11.1 Å². The van der Waals surface area contributed by atoms with Gasteiger partial charge < -0.3 is 10.1 Å². The third-order valence-corrected chi connectivity index (χ3v) is 5.55. The van der Waals surface area contributed by atoms with Crippen molar-refractivity contribution in [3.63, 3.8) is 0 Å². The van der Waals surface area contributed by atoms with E-state index < -0.39 is 5.72 Å². The fourth-order valence-corrected chi connectivity index (χ4v) is 3.94. The van der Waals surface area contributed by atoms with Crippen LogP contribution in [-0.2, 0) is 0 Å². The van der Waals surface area contributed by atoms with E-state index in [2.05, 4.69) is 46.5 Å². The zero-order chi connectivity index (χ0) is 16.6. The minimum atomic E-state index is -0.391. The molecule has 0 atom stereocenters. The number of anilines is 1. The number of thioether (sulfide) groups is 1. The molecule has 6 heteroatoms. The Hall–Kier alpha value is -1.82. The molecule has 2 aliphatic rings. The van der Waals surface area contributed by atoms with Crippen molar-refractivity contribution in [1.29, 1.82) is 0 Å². The van der Waals surface area contributed by atoms with Crippen molar-refractivity contribution in [2.24, 2.45) is 5.92 Å². The number of aromatic nitrogens is 3. The maximum absolute atomic E-state index is 6.47. The van der Waals surface area contributed by atoms with E-state index in [0.29, 0.717) is 11.0 Å². The maximum atomic E-state index is 6.47. The largest absolute Gasteiger partial charge is 0.449 e. The fourth-order valence-electron chi connectivity index (χ4n) is 3.44. The van der Waals surface area contributed by atoms with Crippen molar-refractivity contribution in [3.8, 4) is 17.1 Å². The van der Waals surface area contributed by atoms with E-state index in [1.54, 1.807) is 11.8 Å². The minimum absolute atomic E-state index is 0.391. The number of ether oxygens (including phenoxy) is 1. The first-order valence-corrected chi connectivity index (χ1v) is 9.62. The number of nitrogens with one attached hydrogen (secondary N) is 1. The molecular weight excluding hydrogens is 320 g/mol. The Labute approximate surface area is 146 Å². The van der Waals surface area contributed by atoms with Crippen LogP contribution >= 0.6 is 11.8 Å². The van der Waals surface area contributed by atoms with Crippen LogP contribution in [0.25, 0.3) is 11.3 Å². The van der Waals surface area contributed by atoms with Crippen LogP contribution in [0, 0.1) is 5.92 Å². The van der Waals surface area contributed by atoms with Gasteiger partial charge in [-0.05, 0) is 30.6 Å². The minimum Gasteiger partial charge on any atom is -0.449 e. The number of hydrogen-bond acceptors (Lipinski definition) is 6. The van der Waals surface area contributed by atoms with E-state index in [9.17, 15) is 0 Å². The highest BCUT2D eigenvalue weighted by Crippen LogP contribution is 2.44. The SMILES string of the molecule is CCSc1nnc2c(n1)OC1(CCC(C)CC1)Nc1ccccc1-2. The molecule has 5 nitrogen and oxygen atoms in total. The van der Waals surface area contributed by atoms with Crippen molar-refractivity contribution in [3.05, 3.63) is 24.3 Å². The molecule has 1 aliphatic carbocycles. The predicted octanol–water partition coefficient (Wildman–Crippen LogP) is 4.36. The summed E-state index contributed by atoms with van der Waals surface area (Å²) in [5, 5.41) is 13.0. The maximum Gasteiger partial charge on any atom is 0.247 e. The molecule has 2 aromatic rings. The van der Waals surface area contributed by atoms with Gasteiger partial charge in [-0.3, -0.25) is 0 Å². The van der Waals surface area contributed by atoms with Crippen LogP contribution in [0.4, 0.5) is 5.69 Å². The number of benzene rings is 1. The molecule has 0 saturated heterocycles. The number of hydrogen-bond donors (Lipinski definition) is 1. The summed E-state index contributed by atoms with van der Waals surface area (Å²) in [5.74, 6) is 2.26. The van der Waals surface area contributed by atoms with Gasteiger partial charge >= 0.3 is 0 Å². The molecule has 24 heavy (non-hydrogen) atoms. The lowest BCUT2D eigenvalue weighted by molar-refractivity contribution is 0.0403. The molecule has 2 heterocycles. The highest BCUT2D eigenvalue weighted by molar-refractivity contribution is 7.99. The highest BCUT2D eigenvalue weighted by Gasteiger charge is 2.40. The van der Waals surface area contributed by atoms with E-state index in [0.717, 1.165) is 54.3 Å². The molecule has 1 N–H and O–H groups in total. The van der Waals surface area contributed by atoms with Crippen molar-refractivity contribution in [2.45, 2.75) is 50.4 Å². The first-order chi connectivity index (χ1) is 11.7. The molecule has 1 aromatic carbocycles. The Bertz CT molecular complexity index is 744. The Kier molecular flexibility index (Phi) is 4.08. The lowest BCUT2D eigenvalue weighted by Crippen LogP contribution is -2.46. The molecular formula is C18H22N4OS. The molecule has 0 unspecified atom stereocenters. The van der Waals surface area contributed by atoms with Crippen LogP contribution in [0.15, 0.2) is 29.4 Å². The summed E-state index contributed by atoms with van der Waals surface area (Å²) in [6.45, 7) is 4.40. The van der Waals surface area contributed by atoms with Crippen LogP contribution in [-0.4, -0.2) is 26.7 Å². The van der Waals surface area contributed by atoms with E-state index in [4.69, 9.17) is 4.74 Å². The molecule has 0 bridgehead atoms. The first-order valence-electron chi connectivity index (χ1n) is 8.63. The number of fused-ring (bicyclic) bond motifs is 3. The fraction of sp³-hybridized carbons (Fsp3) is 0.500. The standard InChI is InChI=1S/C18H22N4OS/c1-3-24-17-19-16-15(21-22-17)13-6-4-5-7-14(13)20-18(23-16)10-8-12(2)9-11-18/h4-7,12,20H,3,8-11H2,1-2H3. The normalized spacial score (nSPS) is 25.2. The Balaban J connectivity index is 1.81. The summed E-state index contributed by atoms with van der Waals surface area (Å²) in [6, 6.07) is 8.20. The van der Waals surface area contributed by atoms with Gasteiger partial charge in [0.25, 0.3) is 0 Å². The third-order valence-electron chi connectivity index (χ3n) is 4.83. The van der Waals surface area contributed by atoms with Gasteiger partial charge in [0.15, 0.2) is 11.4 Å². The number of para-hydroxylation sites is 1. The van der Waals surface area contributed by atoms with Gasteiger partial charge in [0.2, 0.25) is 11.0 Å². The molecule has 0 radical (unpaired) electrons. The second kappa shape index (κ2) is 6.24. The van der Waals surface area contributed by atoms with Gasteiger partial charge in [-0.15, -0.1) is 10.2 Å². The monoisotopic (exact) mass is 342 g/mol. The smallest absolute Gasteiger partial charge is 0.247 e. The first kappa shape index (κ1) is 15.7. The highest BCUT2D eigenvalue weighted by atomic mass is 32.2. The number of nitrogens with zero attached hydrogens (tertiary/aromatic N) is 3. The molecule has 1 aromatic heterocycles. The van der Waals surface area contributed by atoms with E-state index in [1.807, 2.05) is 12.1 Å². The quantitative estimate of drug-likeness (QED) is 0.818. The lowest BCUT2D eigenvalue weighted by atomic mass is 9.84. The van der Waals surface area contributed by atoms with Gasteiger partial charge in [0, 0.05) is 24.1 Å². The molecule has 1 spiro atoms. The van der Waals surface area contributed by atoms with E-state index in [1.165, 1.54) is 0 Å². The average Bonchev–Trinajstić information content (AvgIpc) is 2.72. The van der Waals surface area contributed by atoms with Crippen molar-refractivity contribution >= 4 is 17.4 Å². The topological polar surface area (TPSA) is 59.9 Å². The van der Waals surface area contributed by atoms with Crippen LogP contribution in [0.2, 0.25) is 0 Å². The van der Waals surface area contributed by atoms with Crippen LogP contribution in [0.3, 0.4) is 0 Å². The summed E-state index contributed by atoms with van der Waals surface area (Å²) in [4.78, 5) is 4.66. The Morgan fingerprint density at radius 2 is 2.04 bits per heavy atom. The molecule has 0 amide bonds. The summed E-state index contributed by atoms with van der Waals surface area (Å²) in [7, 11) is 0. The Morgan fingerprint density at radius 1 is 1.25 bits per heavy atom. The zero-order valence-electron chi connectivity index (χ0n) is 14.1.